The molecule has 2 aliphatic rings. The minimum Gasteiger partial charge on any atom is -0.361 e. The maximum absolute atomic E-state index is 6.07. The zero-order valence-electron chi connectivity index (χ0n) is 10.8. The van der Waals surface area contributed by atoms with E-state index in [9.17, 15) is 0 Å². The van der Waals surface area contributed by atoms with E-state index >= 15 is 0 Å². The van der Waals surface area contributed by atoms with Crippen molar-refractivity contribution < 1.29 is 4.74 Å². The second kappa shape index (κ2) is 5.48. The summed E-state index contributed by atoms with van der Waals surface area (Å²) in [5.74, 6) is 0. The summed E-state index contributed by atoms with van der Waals surface area (Å²) in [5, 5.41) is 3.78. The molecule has 1 N–H and O–H groups in total. The van der Waals surface area contributed by atoms with Crippen LogP contribution in [0.5, 0.6) is 0 Å². The molecule has 0 radical (unpaired) electrons. The summed E-state index contributed by atoms with van der Waals surface area (Å²) < 4.78 is 6.07. The molecule has 2 aliphatic heterocycles. The minimum atomic E-state index is 0.00282. The van der Waals surface area contributed by atoms with Crippen molar-refractivity contribution in [2.24, 2.45) is 0 Å². The lowest BCUT2D eigenvalue weighted by Crippen LogP contribution is -2.56. The van der Waals surface area contributed by atoms with E-state index in [1.807, 2.05) is 0 Å². The molecule has 2 rings (SSSR count). The lowest BCUT2D eigenvalue weighted by Gasteiger charge is -2.42. The lowest BCUT2D eigenvalue weighted by atomic mass is 9.98. The van der Waals surface area contributed by atoms with E-state index in [0.717, 1.165) is 19.6 Å². The largest absolute Gasteiger partial charge is 0.361 e. The third-order valence-corrected chi connectivity index (χ3v) is 3.97. The highest BCUT2D eigenvalue weighted by atomic mass is 16.5. The molecule has 0 aromatic heterocycles. The number of nitrogens with one attached hydrogen (secondary N) is 1. The van der Waals surface area contributed by atoms with Gasteiger partial charge >= 0.3 is 0 Å². The SMILES string of the molecule is CCCC1CCOC2(CCCN(C)CC2)N1. The van der Waals surface area contributed by atoms with Gasteiger partial charge in [-0.25, -0.2) is 0 Å². The molecule has 2 saturated heterocycles. The average Bonchev–Trinajstić information content (AvgIpc) is 2.43. The van der Waals surface area contributed by atoms with Gasteiger partial charge in [0.1, 0.15) is 5.72 Å². The van der Waals surface area contributed by atoms with Crippen LogP contribution in [0.1, 0.15) is 45.4 Å². The molecule has 0 aromatic rings. The van der Waals surface area contributed by atoms with Crippen LogP contribution in [0.4, 0.5) is 0 Å². The van der Waals surface area contributed by atoms with Crippen molar-refractivity contribution in [2.75, 3.05) is 26.7 Å². The Bertz CT molecular complexity index is 220. The molecule has 2 unspecified atom stereocenters. The van der Waals surface area contributed by atoms with Crippen LogP contribution in [0.2, 0.25) is 0 Å². The summed E-state index contributed by atoms with van der Waals surface area (Å²) >= 11 is 0. The fourth-order valence-electron chi connectivity index (χ4n) is 2.98. The Labute approximate surface area is 99.5 Å². The summed E-state index contributed by atoms with van der Waals surface area (Å²) in [7, 11) is 2.21. The van der Waals surface area contributed by atoms with Gasteiger partial charge in [-0.05, 0) is 39.3 Å². The predicted molar refractivity (Wildman–Crippen MR) is 66.5 cm³/mol. The molecule has 3 heteroatoms. The van der Waals surface area contributed by atoms with Crippen molar-refractivity contribution in [2.45, 2.75) is 57.2 Å². The Morgan fingerprint density at radius 1 is 1.38 bits per heavy atom. The average molecular weight is 226 g/mol. The van der Waals surface area contributed by atoms with Crippen LogP contribution < -0.4 is 5.32 Å². The zero-order valence-corrected chi connectivity index (χ0v) is 10.8. The van der Waals surface area contributed by atoms with Crippen LogP contribution in [-0.2, 0) is 4.74 Å². The van der Waals surface area contributed by atoms with Crippen molar-refractivity contribution in [3.63, 3.8) is 0 Å². The first-order valence-corrected chi connectivity index (χ1v) is 6.84. The zero-order chi connectivity index (χ0) is 11.4. The fraction of sp³-hybridized carbons (Fsp3) is 1.00. The second-order valence-corrected chi connectivity index (χ2v) is 5.42. The molecule has 0 amide bonds. The summed E-state index contributed by atoms with van der Waals surface area (Å²) in [4.78, 5) is 2.42. The first-order chi connectivity index (χ1) is 7.74. The molecule has 94 valence electrons. The van der Waals surface area contributed by atoms with Crippen molar-refractivity contribution in [1.29, 1.82) is 0 Å². The molecule has 0 saturated carbocycles. The van der Waals surface area contributed by atoms with E-state index in [4.69, 9.17) is 4.74 Å². The monoisotopic (exact) mass is 226 g/mol. The van der Waals surface area contributed by atoms with Gasteiger partial charge in [0.05, 0.1) is 6.61 Å². The van der Waals surface area contributed by atoms with Crippen LogP contribution in [0.15, 0.2) is 0 Å². The standard InChI is InChI=1S/C13H26N2O/c1-3-5-12-6-11-16-13(14-12)7-4-9-15(2)10-8-13/h12,14H,3-11H2,1-2H3. The van der Waals surface area contributed by atoms with E-state index in [-0.39, 0.29) is 5.72 Å². The Hall–Kier alpha value is -0.120. The number of hydrogen-bond acceptors (Lipinski definition) is 3. The van der Waals surface area contributed by atoms with Gasteiger partial charge < -0.3 is 9.64 Å². The third kappa shape index (κ3) is 2.96. The normalized spacial score (nSPS) is 37.5. The summed E-state index contributed by atoms with van der Waals surface area (Å²) in [6, 6.07) is 0.683. The van der Waals surface area contributed by atoms with Crippen molar-refractivity contribution in [3.05, 3.63) is 0 Å². The van der Waals surface area contributed by atoms with Gasteiger partial charge in [0.2, 0.25) is 0 Å². The summed E-state index contributed by atoms with van der Waals surface area (Å²) in [5.41, 5.74) is 0.00282. The highest BCUT2D eigenvalue weighted by Crippen LogP contribution is 2.28. The third-order valence-electron chi connectivity index (χ3n) is 3.97. The molecule has 2 fully saturated rings. The fourth-order valence-corrected chi connectivity index (χ4v) is 2.98. The van der Waals surface area contributed by atoms with Crippen molar-refractivity contribution in [3.8, 4) is 0 Å². The van der Waals surface area contributed by atoms with Crippen LogP contribution in [0.25, 0.3) is 0 Å². The second-order valence-electron chi connectivity index (χ2n) is 5.42. The van der Waals surface area contributed by atoms with E-state index in [0.29, 0.717) is 6.04 Å². The van der Waals surface area contributed by atoms with Gasteiger partial charge in [-0.1, -0.05) is 13.3 Å². The molecule has 0 aromatic carbocycles. The summed E-state index contributed by atoms with van der Waals surface area (Å²) in [6.07, 6.45) is 7.32. The highest BCUT2D eigenvalue weighted by Gasteiger charge is 2.37. The topological polar surface area (TPSA) is 24.5 Å². The van der Waals surface area contributed by atoms with Crippen LogP contribution in [0, 0.1) is 0 Å². The van der Waals surface area contributed by atoms with Gasteiger partial charge in [0.25, 0.3) is 0 Å². The quantitative estimate of drug-likeness (QED) is 0.779. The number of rotatable bonds is 2. The number of ether oxygens (including phenoxy) is 1. The highest BCUT2D eigenvalue weighted by molar-refractivity contribution is 4.89. The van der Waals surface area contributed by atoms with E-state index in [2.05, 4.69) is 24.2 Å². The molecule has 0 bridgehead atoms. The number of hydrogen-bond donors (Lipinski definition) is 1. The maximum Gasteiger partial charge on any atom is 0.120 e. The predicted octanol–water partition coefficient (Wildman–Crippen LogP) is 1.98. The molecule has 16 heavy (non-hydrogen) atoms. The maximum atomic E-state index is 6.07. The Morgan fingerprint density at radius 3 is 3.06 bits per heavy atom. The van der Waals surface area contributed by atoms with Gasteiger partial charge in [0, 0.05) is 19.0 Å². The van der Waals surface area contributed by atoms with Crippen LogP contribution in [-0.4, -0.2) is 43.4 Å². The molecular formula is C13H26N2O. The molecule has 3 nitrogen and oxygen atoms in total. The minimum absolute atomic E-state index is 0.00282. The number of nitrogens with zero attached hydrogens (tertiary/aromatic N) is 1. The van der Waals surface area contributed by atoms with Crippen LogP contribution >= 0.6 is 0 Å². The first-order valence-electron chi connectivity index (χ1n) is 6.84. The summed E-state index contributed by atoms with van der Waals surface area (Å²) in [6.45, 7) is 5.59. The van der Waals surface area contributed by atoms with E-state index < -0.39 is 0 Å². The Morgan fingerprint density at radius 2 is 2.25 bits per heavy atom. The van der Waals surface area contributed by atoms with Gasteiger partial charge in [-0.2, -0.15) is 0 Å². The Kier molecular flexibility index (Phi) is 4.22. The molecule has 2 heterocycles. The molecule has 1 spiro atoms. The van der Waals surface area contributed by atoms with E-state index in [1.165, 1.54) is 38.6 Å². The lowest BCUT2D eigenvalue weighted by molar-refractivity contribution is -0.119. The van der Waals surface area contributed by atoms with Crippen molar-refractivity contribution >= 4 is 0 Å². The molecule has 0 aliphatic carbocycles. The van der Waals surface area contributed by atoms with E-state index in [1.54, 1.807) is 0 Å². The molecular weight excluding hydrogens is 200 g/mol. The van der Waals surface area contributed by atoms with Crippen molar-refractivity contribution in [1.82, 2.24) is 10.2 Å². The van der Waals surface area contributed by atoms with Gasteiger partial charge in [0.15, 0.2) is 0 Å². The first kappa shape index (κ1) is 12.3. The van der Waals surface area contributed by atoms with Gasteiger partial charge in [-0.3, -0.25) is 5.32 Å². The Balaban J connectivity index is 1.94. The van der Waals surface area contributed by atoms with Crippen LogP contribution in [0.3, 0.4) is 0 Å². The number of likely N-dealkylation sites (tertiary alicyclic amines) is 1. The molecule has 2 atom stereocenters. The smallest absolute Gasteiger partial charge is 0.120 e. The van der Waals surface area contributed by atoms with Gasteiger partial charge in [-0.15, -0.1) is 0 Å².